The van der Waals surface area contributed by atoms with Crippen LogP contribution in [-0.4, -0.2) is 13.2 Å². The number of fused-ring (bicyclic) bond motifs is 2. The molecule has 0 saturated heterocycles. The molecule has 0 spiro atoms. The number of aryl methyl sites for hydroxylation is 1. The highest BCUT2D eigenvalue weighted by atomic mass is 16.5. The van der Waals surface area contributed by atoms with E-state index in [1.54, 1.807) is 0 Å². The summed E-state index contributed by atoms with van der Waals surface area (Å²) in [5.74, 6) is 1.08. The average molecular weight is 267 g/mol. The molecule has 2 aliphatic heterocycles. The number of para-hydroxylation sites is 1. The molecule has 1 N–H and O–H groups in total. The Labute approximate surface area is 120 Å². The highest BCUT2D eigenvalue weighted by Gasteiger charge is 2.07. The van der Waals surface area contributed by atoms with Crippen molar-refractivity contribution in [2.75, 3.05) is 13.2 Å². The summed E-state index contributed by atoms with van der Waals surface area (Å²) in [6.07, 6.45) is 3.53. The monoisotopic (exact) mass is 267 g/mol. The van der Waals surface area contributed by atoms with E-state index in [0.717, 1.165) is 31.9 Å². The second-order valence-corrected chi connectivity index (χ2v) is 5.26. The SMILES string of the molecule is c1ccc2c(c1)CCCO2.c1ccc2c(c1)CCNC2. The lowest BCUT2D eigenvalue weighted by Crippen LogP contribution is -2.23. The molecular weight excluding hydrogens is 246 g/mol. The van der Waals surface area contributed by atoms with Crippen molar-refractivity contribution in [3.05, 3.63) is 65.2 Å². The summed E-state index contributed by atoms with van der Waals surface area (Å²) in [6.45, 7) is 3.07. The van der Waals surface area contributed by atoms with Crippen molar-refractivity contribution in [1.29, 1.82) is 0 Å². The Morgan fingerprint density at radius 2 is 1.55 bits per heavy atom. The molecule has 2 heterocycles. The number of hydrogen-bond acceptors (Lipinski definition) is 2. The quantitative estimate of drug-likeness (QED) is 0.790. The molecule has 2 aliphatic rings. The van der Waals surface area contributed by atoms with Crippen molar-refractivity contribution >= 4 is 0 Å². The molecule has 4 rings (SSSR count). The number of ether oxygens (including phenoxy) is 1. The van der Waals surface area contributed by atoms with Crippen molar-refractivity contribution in [3.63, 3.8) is 0 Å². The van der Waals surface area contributed by atoms with Gasteiger partial charge in [-0.1, -0.05) is 42.5 Å². The molecule has 2 aromatic rings. The Balaban J connectivity index is 0.000000121. The smallest absolute Gasteiger partial charge is 0.122 e. The van der Waals surface area contributed by atoms with Crippen LogP contribution in [0.4, 0.5) is 0 Å². The molecule has 20 heavy (non-hydrogen) atoms. The number of hydrogen-bond donors (Lipinski definition) is 1. The van der Waals surface area contributed by atoms with E-state index in [9.17, 15) is 0 Å². The van der Waals surface area contributed by atoms with Gasteiger partial charge in [0.2, 0.25) is 0 Å². The predicted octanol–water partition coefficient (Wildman–Crippen LogP) is 3.34. The lowest BCUT2D eigenvalue weighted by Gasteiger charge is -2.15. The second kappa shape index (κ2) is 6.58. The van der Waals surface area contributed by atoms with Crippen LogP contribution < -0.4 is 10.1 Å². The van der Waals surface area contributed by atoms with Crippen molar-refractivity contribution < 1.29 is 4.74 Å². The maximum absolute atomic E-state index is 5.42. The molecule has 104 valence electrons. The van der Waals surface area contributed by atoms with E-state index in [1.807, 2.05) is 12.1 Å². The van der Waals surface area contributed by atoms with E-state index in [4.69, 9.17) is 4.74 Å². The topological polar surface area (TPSA) is 21.3 Å². The molecule has 0 bridgehead atoms. The van der Waals surface area contributed by atoms with Crippen molar-refractivity contribution in [1.82, 2.24) is 5.32 Å². The molecule has 2 heteroatoms. The summed E-state index contributed by atoms with van der Waals surface area (Å²) in [5, 5.41) is 3.34. The van der Waals surface area contributed by atoms with E-state index in [1.165, 1.54) is 29.5 Å². The van der Waals surface area contributed by atoms with Gasteiger partial charge in [0.15, 0.2) is 0 Å². The van der Waals surface area contributed by atoms with Gasteiger partial charge in [-0.2, -0.15) is 0 Å². The normalized spacial score (nSPS) is 16.0. The van der Waals surface area contributed by atoms with Crippen LogP contribution in [0.3, 0.4) is 0 Å². The minimum absolute atomic E-state index is 0.886. The highest BCUT2D eigenvalue weighted by Crippen LogP contribution is 2.23. The maximum Gasteiger partial charge on any atom is 0.122 e. The Bertz CT molecular complexity index is 463. The van der Waals surface area contributed by atoms with Crippen LogP contribution >= 0.6 is 0 Å². The average Bonchev–Trinajstić information content (AvgIpc) is 2.56. The van der Waals surface area contributed by atoms with Gasteiger partial charge in [-0.3, -0.25) is 0 Å². The largest absolute Gasteiger partial charge is 0.493 e. The molecule has 0 unspecified atom stereocenters. The lowest BCUT2D eigenvalue weighted by atomic mass is 10.0. The molecular formula is C18H21NO. The molecule has 0 fully saturated rings. The van der Waals surface area contributed by atoms with Crippen LogP contribution in [0.25, 0.3) is 0 Å². The summed E-state index contributed by atoms with van der Waals surface area (Å²) in [5.41, 5.74) is 4.34. The Morgan fingerprint density at radius 1 is 0.800 bits per heavy atom. The summed E-state index contributed by atoms with van der Waals surface area (Å²) in [6, 6.07) is 16.9. The first-order valence-electron chi connectivity index (χ1n) is 7.42. The van der Waals surface area contributed by atoms with Gasteiger partial charge in [0, 0.05) is 6.54 Å². The fourth-order valence-electron chi connectivity index (χ4n) is 2.72. The zero-order chi connectivity index (χ0) is 13.6. The second-order valence-electron chi connectivity index (χ2n) is 5.26. The fourth-order valence-corrected chi connectivity index (χ4v) is 2.72. The molecule has 2 aromatic carbocycles. The van der Waals surface area contributed by atoms with Crippen LogP contribution in [0.1, 0.15) is 23.1 Å². The maximum atomic E-state index is 5.42. The first-order valence-corrected chi connectivity index (χ1v) is 7.42. The van der Waals surface area contributed by atoms with E-state index in [2.05, 4.69) is 41.7 Å². The molecule has 2 nitrogen and oxygen atoms in total. The minimum atomic E-state index is 0.886. The Hall–Kier alpha value is -1.80. The molecule has 0 amide bonds. The number of benzene rings is 2. The van der Waals surface area contributed by atoms with Crippen LogP contribution in [0.2, 0.25) is 0 Å². The Kier molecular flexibility index (Phi) is 4.34. The van der Waals surface area contributed by atoms with Crippen LogP contribution in [0.15, 0.2) is 48.5 Å². The zero-order valence-electron chi connectivity index (χ0n) is 11.8. The Morgan fingerprint density at radius 3 is 2.35 bits per heavy atom. The lowest BCUT2D eigenvalue weighted by molar-refractivity contribution is 0.288. The van der Waals surface area contributed by atoms with Gasteiger partial charge < -0.3 is 10.1 Å². The number of rotatable bonds is 0. The summed E-state index contributed by atoms with van der Waals surface area (Å²) in [4.78, 5) is 0. The molecule has 0 aromatic heterocycles. The first kappa shape index (κ1) is 13.2. The number of nitrogens with one attached hydrogen (secondary N) is 1. The van der Waals surface area contributed by atoms with Gasteiger partial charge in [-0.05, 0) is 48.6 Å². The summed E-state index contributed by atoms with van der Waals surface area (Å²) < 4.78 is 5.42. The minimum Gasteiger partial charge on any atom is -0.493 e. The van der Waals surface area contributed by atoms with Gasteiger partial charge >= 0.3 is 0 Å². The van der Waals surface area contributed by atoms with Gasteiger partial charge in [-0.25, -0.2) is 0 Å². The van der Waals surface area contributed by atoms with Crippen molar-refractivity contribution in [2.45, 2.75) is 25.8 Å². The van der Waals surface area contributed by atoms with Gasteiger partial charge in [0.05, 0.1) is 6.61 Å². The first-order chi connectivity index (χ1) is 9.93. The fraction of sp³-hybridized carbons (Fsp3) is 0.333. The zero-order valence-corrected chi connectivity index (χ0v) is 11.8. The van der Waals surface area contributed by atoms with Crippen molar-refractivity contribution in [3.8, 4) is 5.75 Å². The van der Waals surface area contributed by atoms with Gasteiger partial charge in [-0.15, -0.1) is 0 Å². The molecule has 0 radical (unpaired) electrons. The third-order valence-electron chi connectivity index (χ3n) is 3.83. The van der Waals surface area contributed by atoms with E-state index in [0.29, 0.717) is 0 Å². The standard InChI is InChI=1S/C9H11N.C9H10O/c1-2-4-9-7-10-6-5-8(9)3-1;1-2-6-9-8(4-1)5-3-7-10-9/h1-4,10H,5-7H2;1-2,4,6H,3,5,7H2. The van der Waals surface area contributed by atoms with E-state index < -0.39 is 0 Å². The van der Waals surface area contributed by atoms with E-state index in [-0.39, 0.29) is 0 Å². The summed E-state index contributed by atoms with van der Waals surface area (Å²) in [7, 11) is 0. The highest BCUT2D eigenvalue weighted by molar-refractivity contribution is 5.34. The summed E-state index contributed by atoms with van der Waals surface area (Å²) >= 11 is 0. The molecule has 0 aliphatic carbocycles. The predicted molar refractivity (Wildman–Crippen MR) is 82.1 cm³/mol. The van der Waals surface area contributed by atoms with Gasteiger partial charge in [0.25, 0.3) is 0 Å². The third kappa shape index (κ3) is 3.20. The van der Waals surface area contributed by atoms with Crippen molar-refractivity contribution in [2.24, 2.45) is 0 Å². The van der Waals surface area contributed by atoms with E-state index >= 15 is 0 Å². The van der Waals surface area contributed by atoms with Crippen LogP contribution in [-0.2, 0) is 19.4 Å². The molecule has 0 atom stereocenters. The van der Waals surface area contributed by atoms with Crippen LogP contribution in [0, 0.1) is 0 Å². The van der Waals surface area contributed by atoms with Crippen LogP contribution in [0.5, 0.6) is 5.75 Å². The third-order valence-corrected chi connectivity index (χ3v) is 3.83. The van der Waals surface area contributed by atoms with Gasteiger partial charge in [0.1, 0.15) is 5.75 Å². The molecule has 0 saturated carbocycles.